The highest BCUT2D eigenvalue weighted by Gasteiger charge is 2.21. The van der Waals surface area contributed by atoms with Crippen LogP contribution in [0.25, 0.3) is 10.8 Å². The van der Waals surface area contributed by atoms with Gasteiger partial charge in [-0.2, -0.15) is 0 Å². The molecule has 1 aliphatic rings. The predicted octanol–water partition coefficient (Wildman–Crippen LogP) is 4.37. The predicted molar refractivity (Wildman–Crippen MR) is 95.5 cm³/mol. The summed E-state index contributed by atoms with van der Waals surface area (Å²) in [6.07, 6.45) is 1.65. The summed E-state index contributed by atoms with van der Waals surface area (Å²) in [5.74, 6) is 0.911. The Balaban J connectivity index is 1.54. The molecule has 2 aromatic carbocycles. The summed E-state index contributed by atoms with van der Waals surface area (Å²) in [5, 5.41) is 2.89. The van der Waals surface area contributed by atoms with Gasteiger partial charge >= 0.3 is 0 Å². The minimum absolute atomic E-state index is 0.319. The molecule has 124 valence electrons. The molecule has 2 atom stereocenters. The van der Waals surface area contributed by atoms with E-state index in [1.807, 2.05) is 30.3 Å². The van der Waals surface area contributed by atoms with E-state index in [2.05, 4.69) is 24.8 Å². The van der Waals surface area contributed by atoms with E-state index in [4.69, 9.17) is 21.1 Å². The lowest BCUT2D eigenvalue weighted by Crippen LogP contribution is -2.45. The SMILES string of the molecule is C[C@@H]1CN(CCCOc2ccc(Cl)c3ccccc23)C[C@@H](C)O1. The molecule has 0 amide bonds. The van der Waals surface area contributed by atoms with E-state index in [1.165, 1.54) is 0 Å². The summed E-state index contributed by atoms with van der Waals surface area (Å²) >= 11 is 6.25. The third kappa shape index (κ3) is 4.17. The maximum absolute atomic E-state index is 6.25. The van der Waals surface area contributed by atoms with Gasteiger partial charge in [-0.3, -0.25) is 4.90 Å². The average Bonchev–Trinajstić information content (AvgIpc) is 2.53. The fraction of sp³-hybridized carbons (Fsp3) is 0.474. The van der Waals surface area contributed by atoms with Crippen molar-refractivity contribution in [3.8, 4) is 5.75 Å². The van der Waals surface area contributed by atoms with Gasteiger partial charge in [0.1, 0.15) is 5.75 Å². The molecule has 2 aromatic rings. The third-order valence-corrected chi connectivity index (χ3v) is 4.53. The number of benzene rings is 2. The first kappa shape index (κ1) is 16.6. The van der Waals surface area contributed by atoms with Crippen LogP contribution in [0.3, 0.4) is 0 Å². The molecule has 0 spiro atoms. The second-order valence-corrected chi connectivity index (χ2v) is 6.72. The van der Waals surface area contributed by atoms with Crippen molar-refractivity contribution in [2.45, 2.75) is 32.5 Å². The van der Waals surface area contributed by atoms with Crippen molar-refractivity contribution in [1.29, 1.82) is 0 Å². The molecule has 0 radical (unpaired) electrons. The molecule has 0 N–H and O–H groups in total. The van der Waals surface area contributed by atoms with Crippen LogP contribution in [0.2, 0.25) is 5.02 Å². The van der Waals surface area contributed by atoms with E-state index < -0.39 is 0 Å². The van der Waals surface area contributed by atoms with Crippen LogP contribution in [0.1, 0.15) is 20.3 Å². The van der Waals surface area contributed by atoms with Crippen molar-refractivity contribution in [3.05, 3.63) is 41.4 Å². The van der Waals surface area contributed by atoms with Crippen molar-refractivity contribution in [2.75, 3.05) is 26.2 Å². The Hall–Kier alpha value is -1.29. The van der Waals surface area contributed by atoms with Crippen molar-refractivity contribution in [1.82, 2.24) is 4.90 Å². The fourth-order valence-corrected chi connectivity index (χ4v) is 3.53. The quantitative estimate of drug-likeness (QED) is 0.758. The molecule has 0 unspecified atom stereocenters. The Bertz CT molecular complexity index is 651. The van der Waals surface area contributed by atoms with Gasteiger partial charge in [-0.25, -0.2) is 0 Å². The van der Waals surface area contributed by atoms with E-state index in [9.17, 15) is 0 Å². The molecule has 23 heavy (non-hydrogen) atoms. The topological polar surface area (TPSA) is 21.7 Å². The Morgan fingerprint density at radius 3 is 2.52 bits per heavy atom. The van der Waals surface area contributed by atoms with Gasteiger partial charge in [-0.05, 0) is 32.4 Å². The largest absolute Gasteiger partial charge is 0.493 e. The van der Waals surface area contributed by atoms with Crippen molar-refractivity contribution in [3.63, 3.8) is 0 Å². The minimum atomic E-state index is 0.319. The van der Waals surface area contributed by atoms with Gasteiger partial charge in [0, 0.05) is 35.4 Å². The second-order valence-electron chi connectivity index (χ2n) is 6.31. The fourth-order valence-electron chi connectivity index (χ4n) is 3.30. The Morgan fingerprint density at radius 1 is 1.09 bits per heavy atom. The first-order chi connectivity index (χ1) is 11.1. The molecule has 4 heteroatoms. The van der Waals surface area contributed by atoms with Crippen LogP contribution in [-0.4, -0.2) is 43.3 Å². The third-order valence-electron chi connectivity index (χ3n) is 4.20. The minimum Gasteiger partial charge on any atom is -0.493 e. The molecule has 3 rings (SSSR count). The molecule has 0 aliphatic carbocycles. The van der Waals surface area contributed by atoms with Crippen LogP contribution >= 0.6 is 11.6 Å². The Labute approximate surface area is 143 Å². The van der Waals surface area contributed by atoms with Crippen molar-refractivity contribution < 1.29 is 9.47 Å². The van der Waals surface area contributed by atoms with Crippen LogP contribution in [0.15, 0.2) is 36.4 Å². The zero-order valence-corrected chi connectivity index (χ0v) is 14.6. The Kier molecular flexibility index (Phi) is 5.42. The maximum atomic E-state index is 6.25. The number of nitrogens with zero attached hydrogens (tertiary/aromatic N) is 1. The van der Waals surface area contributed by atoms with Gasteiger partial charge in [0.25, 0.3) is 0 Å². The lowest BCUT2D eigenvalue weighted by atomic mass is 10.1. The average molecular weight is 334 g/mol. The van der Waals surface area contributed by atoms with Gasteiger partial charge in [-0.15, -0.1) is 0 Å². The molecule has 1 aliphatic heterocycles. The number of fused-ring (bicyclic) bond motifs is 1. The van der Waals surface area contributed by atoms with E-state index in [-0.39, 0.29) is 0 Å². The van der Waals surface area contributed by atoms with Crippen LogP contribution in [0.5, 0.6) is 5.75 Å². The molecule has 0 bridgehead atoms. The molecular formula is C19H24ClNO2. The molecule has 1 fully saturated rings. The first-order valence-electron chi connectivity index (χ1n) is 8.31. The van der Waals surface area contributed by atoms with E-state index in [0.29, 0.717) is 18.8 Å². The molecule has 0 saturated carbocycles. The molecule has 3 nitrogen and oxygen atoms in total. The van der Waals surface area contributed by atoms with Gasteiger partial charge in [-0.1, -0.05) is 35.9 Å². The van der Waals surface area contributed by atoms with E-state index in [0.717, 1.165) is 47.6 Å². The van der Waals surface area contributed by atoms with E-state index >= 15 is 0 Å². The molecular weight excluding hydrogens is 310 g/mol. The number of rotatable bonds is 5. The number of ether oxygens (including phenoxy) is 2. The first-order valence-corrected chi connectivity index (χ1v) is 8.69. The summed E-state index contributed by atoms with van der Waals surface area (Å²) in [6.45, 7) is 8.05. The molecule has 1 saturated heterocycles. The highest BCUT2D eigenvalue weighted by atomic mass is 35.5. The van der Waals surface area contributed by atoms with Crippen LogP contribution in [0, 0.1) is 0 Å². The monoisotopic (exact) mass is 333 g/mol. The van der Waals surface area contributed by atoms with Crippen LogP contribution in [-0.2, 0) is 4.74 Å². The van der Waals surface area contributed by atoms with Crippen molar-refractivity contribution in [2.24, 2.45) is 0 Å². The number of hydrogen-bond donors (Lipinski definition) is 0. The second kappa shape index (κ2) is 7.52. The standard InChI is InChI=1S/C19H24ClNO2/c1-14-12-21(13-15(2)23-14)10-5-11-22-19-9-8-18(20)16-6-3-4-7-17(16)19/h3-4,6-9,14-15H,5,10-13H2,1-2H3/t14-,15-/m1/s1. The van der Waals surface area contributed by atoms with Crippen molar-refractivity contribution >= 4 is 22.4 Å². The number of hydrogen-bond acceptors (Lipinski definition) is 3. The summed E-state index contributed by atoms with van der Waals surface area (Å²) in [4.78, 5) is 2.46. The van der Waals surface area contributed by atoms with Gasteiger partial charge in [0.2, 0.25) is 0 Å². The normalized spacial score (nSPS) is 22.4. The molecule has 1 heterocycles. The zero-order valence-electron chi connectivity index (χ0n) is 13.8. The summed E-state index contributed by atoms with van der Waals surface area (Å²) in [7, 11) is 0. The maximum Gasteiger partial charge on any atom is 0.127 e. The summed E-state index contributed by atoms with van der Waals surface area (Å²) in [5.41, 5.74) is 0. The van der Waals surface area contributed by atoms with Gasteiger partial charge in [0.05, 0.1) is 18.8 Å². The molecule has 0 aromatic heterocycles. The number of halogens is 1. The van der Waals surface area contributed by atoms with Gasteiger partial charge in [0.15, 0.2) is 0 Å². The summed E-state index contributed by atoms with van der Waals surface area (Å²) in [6, 6.07) is 12.0. The Morgan fingerprint density at radius 2 is 1.78 bits per heavy atom. The van der Waals surface area contributed by atoms with Crippen LogP contribution < -0.4 is 4.74 Å². The number of morpholine rings is 1. The lowest BCUT2D eigenvalue weighted by Gasteiger charge is -2.35. The van der Waals surface area contributed by atoms with Gasteiger partial charge < -0.3 is 9.47 Å². The lowest BCUT2D eigenvalue weighted by molar-refractivity contribution is -0.0686. The summed E-state index contributed by atoms with van der Waals surface area (Å²) < 4.78 is 11.8. The smallest absolute Gasteiger partial charge is 0.127 e. The van der Waals surface area contributed by atoms with E-state index in [1.54, 1.807) is 0 Å². The highest BCUT2D eigenvalue weighted by Crippen LogP contribution is 2.31. The zero-order chi connectivity index (χ0) is 16.2. The van der Waals surface area contributed by atoms with Crippen LogP contribution in [0.4, 0.5) is 0 Å². The highest BCUT2D eigenvalue weighted by molar-refractivity contribution is 6.35.